The largest absolute Gasteiger partial charge is 0.422 e. The monoisotopic (exact) mass is 315 g/mol. The zero-order valence-electron chi connectivity index (χ0n) is 13.0. The van der Waals surface area contributed by atoms with Crippen LogP contribution in [0.5, 0.6) is 0 Å². The maximum absolute atomic E-state index is 11.2. The van der Waals surface area contributed by atoms with Crippen LogP contribution in [0.15, 0.2) is 22.1 Å². The van der Waals surface area contributed by atoms with Crippen LogP contribution in [-0.4, -0.2) is 33.2 Å². The van der Waals surface area contributed by atoms with Gasteiger partial charge in [-0.3, -0.25) is 10.1 Å². The van der Waals surface area contributed by atoms with Crippen molar-refractivity contribution in [1.82, 2.24) is 15.2 Å². The normalized spacial score (nSPS) is 14.9. The van der Waals surface area contributed by atoms with Crippen molar-refractivity contribution < 1.29 is 9.34 Å². The molecule has 23 heavy (non-hydrogen) atoms. The van der Waals surface area contributed by atoms with Gasteiger partial charge in [-0.25, -0.2) is 4.98 Å². The van der Waals surface area contributed by atoms with Crippen LogP contribution in [-0.2, 0) is 0 Å². The highest BCUT2D eigenvalue weighted by atomic mass is 16.6. The average molecular weight is 315 g/mol. The van der Waals surface area contributed by atoms with Crippen molar-refractivity contribution in [2.75, 3.05) is 18.0 Å². The van der Waals surface area contributed by atoms with Gasteiger partial charge >= 0.3 is 5.69 Å². The van der Waals surface area contributed by atoms with Crippen LogP contribution in [0.25, 0.3) is 6.08 Å². The summed E-state index contributed by atoms with van der Waals surface area (Å²) in [7, 11) is 0. The fourth-order valence-corrected chi connectivity index (χ4v) is 2.61. The number of anilines is 1. The van der Waals surface area contributed by atoms with E-state index < -0.39 is 0 Å². The van der Waals surface area contributed by atoms with Gasteiger partial charge in [0, 0.05) is 37.8 Å². The lowest BCUT2D eigenvalue weighted by molar-refractivity contribution is -0.384. The van der Waals surface area contributed by atoms with E-state index in [-0.39, 0.29) is 10.6 Å². The molecule has 0 saturated carbocycles. The Morgan fingerprint density at radius 3 is 2.61 bits per heavy atom. The summed E-state index contributed by atoms with van der Waals surface area (Å²) in [5.74, 6) is 1.49. The van der Waals surface area contributed by atoms with E-state index in [0.717, 1.165) is 18.5 Å². The third-order valence-electron chi connectivity index (χ3n) is 3.76. The highest BCUT2D eigenvalue weighted by Crippen LogP contribution is 2.30. The zero-order valence-corrected chi connectivity index (χ0v) is 13.0. The summed E-state index contributed by atoms with van der Waals surface area (Å²) in [6.07, 6.45) is 3.47. The first kappa shape index (κ1) is 15.1. The summed E-state index contributed by atoms with van der Waals surface area (Å²) in [4.78, 5) is 17.1. The van der Waals surface area contributed by atoms with Gasteiger partial charge in [-0.2, -0.15) is 0 Å². The van der Waals surface area contributed by atoms with E-state index in [1.54, 1.807) is 13.0 Å². The minimum atomic E-state index is -0.381. The van der Waals surface area contributed by atoms with E-state index in [0.29, 0.717) is 30.7 Å². The quantitative estimate of drug-likeness (QED) is 0.634. The number of aryl methyl sites for hydroxylation is 2. The number of hydrogen-bond donors (Lipinski definition) is 0. The Morgan fingerprint density at radius 1 is 1.26 bits per heavy atom. The number of pyridine rings is 1. The summed E-state index contributed by atoms with van der Waals surface area (Å²) in [6, 6.07) is 3.18. The predicted octanol–water partition coefficient (Wildman–Crippen LogP) is 2.67. The van der Waals surface area contributed by atoms with E-state index in [1.165, 1.54) is 11.6 Å². The summed E-state index contributed by atoms with van der Waals surface area (Å²) >= 11 is 0. The third-order valence-corrected chi connectivity index (χ3v) is 3.76. The lowest BCUT2D eigenvalue weighted by Crippen LogP contribution is -2.32. The molecule has 0 atom stereocenters. The smallest absolute Gasteiger partial charge is 0.311 e. The van der Waals surface area contributed by atoms with E-state index >= 15 is 0 Å². The first-order valence-electron chi connectivity index (χ1n) is 7.39. The van der Waals surface area contributed by atoms with Crippen molar-refractivity contribution in [1.29, 1.82) is 0 Å². The molecule has 0 radical (unpaired) electrons. The molecule has 0 N–H and O–H groups in total. The number of nitro groups is 1. The summed E-state index contributed by atoms with van der Waals surface area (Å²) < 4.78 is 5.35. The first-order chi connectivity index (χ1) is 11.0. The molecule has 120 valence electrons. The van der Waals surface area contributed by atoms with Crippen molar-refractivity contribution in [3.05, 3.63) is 45.3 Å². The molecule has 2 aromatic rings. The second kappa shape index (κ2) is 6.15. The highest BCUT2D eigenvalue weighted by Gasteiger charge is 2.24. The van der Waals surface area contributed by atoms with Gasteiger partial charge in [-0.05, 0) is 25.8 Å². The van der Waals surface area contributed by atoms with Crippen LogP contribution in [0.2, 0.25) is 0 Å². The molecule has 0 bridgehead atoms. The maximum atomic E-state index is 11.2. The second-order valence-electron chi connectivity index (χ2n) is 5.50. The Kier molecular flexibility index (Phi) is 4.05. The van der Waals surface area contributed by atoms with Gasteiger partial charge in [-0.1, -0.05) is 5.57 Å². The Labute approximate surface area is 133 Å². The van der Waals surface area contributed by atoms with E-state index in [4.69, 9.17) is 4.42 Å². The number of piperidine rings is 1. The molecule has 0 spiro atoms. The molecule has 3 rings (SSSR count). The predicted molar refractivity (Wildman–Crippen MR) is 84.1 cm³/mol. The molecule has 0 unspecified atom stereocenters. The second-order valence-corrected chi connectivity index (χ2v) is 5.50. The minimum absolute atomic E-state index is 0.0514. The molecule has 0 aromatic carbocycles. The van der Waals surface area contributed by atoms with Gasteiger partial charge < -0.3 is 9.32 Å². The van der Waals surface area contributed by atoms with Crippen molar-refractivity contribution in [2.24, 2.45) is 0 Å². The van der Waals surface area contributed by atoms with Crippen molar-refractivity contribution in [3.63, 3.8) is 0 Å². The molecule has 0 amide bonds. The van der Waals surface area contributed by atoms with Gasteiger partial charge in [-0.15, -0.1) is 10.2 Å². The van der Waals surface area contributed by atoms with Crippen LogP contribution < -0.4 is 4.90 Å². The summed E-state index contributed by atoms with van der Waals surface area (Å²) in [5.41, 5.74) is 2.02. The Balaban J connectivity index is 1.75. The highest BCUT2D eigenvalue weighted by molar-refractivity contribution is 5.59. The molecule has 8 heteroatoms. The number of nitrogens with zero attached hydrogens (tertiary/aromatic N) is 5. The van der Waals surface area contributed by atoms with Crippen LogP contribution in [0.3, 0.4) is 0 Å². The van der Waals surface area contributed by atoms with Crippen LogP contribution in [0.4, 0.5) is 11.5 Å². The molecule has 1 saturated heterocycles. The topological polar surface area (TPSA) is 98.2 Å². The van der Waals surface area contributed by atoms with Gasteiger partial charge in [0.1, 0.15) is 0 Å². The Morgan fingerprint density at radius 2 is 2.00 bits per heavy atom. The fraction of sp³-hybridized carbons (Fsp3) is 0.400. The molecule has 2 aromatic heterocycles. The molecular formula is C15H17N5O3. The summed E-state index contributed by atoms with van der Waals surface area (Å²) in [6.45, 7) is 4.94. The minimum Gasteiger partial charge on any atom is -0.422 e. The molecule has 8 nitrogen and oxygen atoms in total. The maximum Gasteiger partial charge on any atom is 0.311 e. The van der Waals surface area contributed by atoms with Crippen molar-refractivity contribution >= 4 is 17.6 Å². The van der Waals surface area contributed by atoms with Gasteiger partial charge in [0.05, 0.1) is 4.92 Å². The fourth-order valence-electron chi connectivity index (χ4n) is 2.61. The Hall–Kier alpha value is -2.77. The van der Waals surface area contributed by atoms with Gasteiger partial charge in [0.15, 0.2) is 0 Å². The SMILES string of the molecule is Cc1ccc([N+](=O)[O-])c(N2CCC(=Cc3nnc(C)o3)CC2)n1. The van der Waals surface area contributed by atoms with Gasteiger partial charge in [0.25, 0.3) is 0 Å². The van der Waals surface area contributed by atoms with Gasteiger partial charge in [0.2, 0.25) is 17.6 Å². The van der Waals surface area contributed by atoms with Crippen LogP contribution in [0.1, 0.15) is 30.3 Å². The summed E-state index contributed by atoms with van der Waals surface area (Å²) in [5, 5.41) is 18.9. The van der Waals surface area contributed by atoms with Crippen molar-refractivity contribution in [3.8, 4) is 0 Å². The third kappa shape index (κ3) is 3.36. The van der Waals surface area contributed by atoms with E-state index in [9.17, 15) is 10.1 Å². The lowest BCUT2D eigenvalue weighted by atomic mass is 10.0. The molecule has 1 fully saturated rings. The van der Waals surface area contributed by atoms with Crippen LogP contribution in [0, 0.1) is 24.0 Å². The Bertz CT molecular complexity index is 758. The van der Waals surface area contributed by atoms with E-state index in [1.807, 2.05) is 17.9 Å². The zero-order chi connectivity index (χ0) is 16.4. The standard InChI is InChI=1S/C15H17N5O3/c1-10-3-4-13(20(21)22)15(16-10)19-7-5-12(6-8-19)9-14-18-17-11(2)23-14/h3-4,9H,5-8H2,1-2H3. The molecule has 1 aliphatic rings. The molecule has 0 aliphatic carbocycles. The van der Waals surface area contributed by atoms with E-state index in [2.05, 4.69) is 15.2 Å². The molecule has 3 heterocycles. The molecular weight excluding hydrogens is 298 g/mol. The average Bonchev–Trinajstić information content (AvgIpc) is 2.93. The first-order valence-corrected chi connectivity index (χ1v) is 7.39. The molecule has 1 aliphatic heterocycles. The lowest BCUT2D eigenvalue weighted by Gasteiger charge is -2.29. The van der Waals surface area contributed by atoms with Crippen LogP contribution >= 0.6 is 0 Å². The number of hydrogen-bond acceptors (Lipinski definition) is 7. The number of rotatable bonds is 3. The number of aromatic nitrogens is 3. The van der Waals surface area contributed by atoms with Crippen molar-refractivity contribution in [2.45, 2.75) is 26.7 Å².